The second-order valence-electron chi connectivity index (χ2n) is 9.70. The number of methoxy groups -OCH3 is 1. The highest BCUT2D eigenvalue weighted by atomic mass is 32.2. The van der Waals surface area contributed by atoms with Crippen molar-refractivity contribution in [3.63, 3.8) is 0 Å². The predicted molar refractivity (Wildman–Crippen MR) is 138 cm³/mol. The lowest BCUT2D eigenvalue weighted by Gasteiger charge is -2.37. The molecule has 3 rings (SSSR count). The van der Waals surface area contributed by atoms with E-state index in [2.05, 4.69) is 0 Å². The molecule has 182 valence electrons. The van der Waals surface area contributed by atoms with Gasteiger partial charge in [-0.25, -0.2) is 9.00 Å². The Morgan fingerprint density at radius 3 is 2.29 bits per heavy atom. The van der Waals surface area contributed by atoms with Crippen LogP contribution in [-0.4, -0.2) is 32.1 Å². The van der Waals surface area contributed by atoms with Gasteiger partial charge in [-0.2, -0.15) is 0 Å². The van der Waals surface area contributed by atoms with Crippen LogP contribution < -0.4 is 10.5 Å². The van der Waals surface area contributed by atoms with Crippen molar-refractivity contribution in [3.8, 4) is 11.1 Å². The number of hydrogen-bond acceptors (Lipinski definition) is 4. The molecule has 1 aromatic heterocycles. The molecule has 0 saturated heterocycles. The summed E-state index contributed by atoms with van der Waals surface area (Å²) < 4.78 is 27.8. The number of ether oxygens (including phenoxy) is 1. The molecule has 0 aliphatic rings. The van der Waals surface area contributed by atoms with Crippen molar-refractivity contribution in [3.05, 3.63) is 64.4 Å². The number of rotatable bonds is 6. The van der Waals surface area contributed by atoms with E-state index in [1.54, 1.807) is 22.8 Å². The van der Waals surface area contributed by atoms with Gasteiger partial charge in [0, 0.05) is 23.0 Å². The smallest absolute Gasteiger partial charge is 0.415 e. The lowest BCUT2D eigenvalue weighted by molar-refractivity contribution is 0.172. The first-order chi connectivity index (χ1) is 16.0. The van der Waals surface area contributed by atoms with Gasteiger partial charge >= 0.3 is 6.09 Å². The van der Waals surface area contributed by atoms with Gasteiger partial charge in [-0.1, -0.05) is 50.2 Å². The summed E-state index contributed by atoms with van der Waals surface area (Å²) in [7, 11) is 1.32. The zero-order valence-electron chi connectivity index (χ0n) is 20.5. The van der Waals surface area contributed by atoms with Gasteiger partial charge in [0.15, 0.2) is 11.1 Å². The van der Waals surface area contributed by atoms with Gasteiger partial charge in [0.2, 0.25) is 0 Å². The molecule has 0 aliphatic heterocycles. The maximum atomic E-state index is 13.8. The fraction of sp³-hybridized carbons (Fsp3) is 0.385. The minimum absolute atomic E-state index is 0.0609. The number of hydrogen-bond donors (Lipinski definition) is 1. The third-order valence-electron chi connectivity index (χ3n) is 5.45. The van der Waals surface area contributed by atoms with Crippen LogP contribution in [0.4, 0.5) is 10.6 Å². The molecule has 2 aromatic carbocycles. The number of pyridine rings is 1. The summed E-state index contributed by atoms with van der Waals surface area (Å²) >= 11 is -2.03. The molecule has 1 unspecified atom stereocenters. The van der Waals surface area contributed by atoms with Gasteiger partial charge in [-0.15, -0.1) is 0 Å². The number of benzene rings is 2. The Kier molecular flexibility index (Phi) is 7.63. The monoisotopic (exact) mass is 484 g/mol. The molecule has 0 saturated carbocycles. The maximum absolute atomic E-state index is 13.8. The number of nitrogens with zero attached hydrogens (tertiary/aromatic N) is 2. The molecule has 8 heteroatoms. The van der Waals surface area contributed by atoms with Crippen LogP contribution >= 0.6 is 0 Å². The molecule has 1 heterocycles. The van der Waals surface area contributed by atoms with E-state index in [4.69, 9.17) is 4.74 Å². The van der Waals surface area contributed by atoms with Crippen molar-refractivity contribution in [2.45, 2.75) is 52.5 Å². The van der Waals surface area contributed by atoms with E-state index in [1.165, 1.54) is 12.0 Å². The summed E-state index contributed by atoms with van der Waals surface area (Å²) in [5.74, 6) is 0.515. The average molecular weight is 485 g/mol. The van der Waals surface area contributed by atoms with Crippen LogP contribution in [0, 0.1) is 5.92 Å². The molecular weight excluding hydrogens is 452 g/mol. The number of anilines is 1. The lowest BCUT2D eigenvalue weighted by Crippen LogP contribution is -2.49. The summed E-state index contributed by atoms with van der Waals surface area (Å²) in [6.07, 6.45) is -0.575. The van der Waals surface area contributed by atoms with Crippen molar-refractivity contribution < 1.29 is 18.3 Å². The van der Waals surface area contributed by atoms with Crippen molar-refractivity contribution in [2.24, 2.45) is 5.92 Å². The van der Waals surface area contributed by atoms with Gasteiger partial charge in [0.25, 0.3) is 5.56 Å². The normalized spacial score (nSPS) is 12.7. The SMILES string of the molecule is COC(=O)N(c1c(-c2ccccc2)c2cc(CS(=O)O)ccc2c(=O)n1CC(C)C)C(C)(C)C. The minimum atomic E-state index is -2.03. The zero-order chi connectivity index (χ0) is 25.2. The van der Waals surface area contributed by atoms with Gasteiger partial charge in [-0.05, 0) is 55.3 Å². The molecule has 0 aliphatic carbocycles. The van der Waals surface area contributed by atoms with E-state index < -0.39 is 22.7 Å². The minimum Gasteiger partial charge on any atom is -0.452 e. The maximum Gasteiger partial charge on any atom is 0.415 e. The van der Waals surface area contributed by atoms with Crippen molar-refractivity contribution in [1.82, 2.24) is 4.57 Å². The van der Waals surface area contributed by atoms with E-state index in [9.17, 15) is 18.4 Å². The number of aromatic nitrogens is 1. The lowest BCUT2D eigenvalue weighted by atomic mass is 9.95. The van der Waals surface area contributed by atoms with E-state index in [-0.39, 0.29) is 17.2 Å². The third-order valence-corrected chi connectivity index (χ3v) is 6.03. The molecule has 3 aromatic rings. The Morgan fingerprint density at radius 1 is 1.12 bits per heavy atom. The molecule has 0 bridgehead atoms. The third kappa shape index (κ3) is 5.23. The first-order valence-electron chi connectivity index (χ1n) is 11.2. The molecule has 1 amide bonds. The fourth-order valence-corrected chi connectivity index (χ4v) is 4.60. The summed E-state index contributed by atoms with van der Waals surface area (Å²) in [6, 6.07) is 14.7. The van der Waals surface area contributed by atoms with E-state index in [0.29, 0.717) is 34.3 Å². The highest BCUT2D eigenvalue weighted by Gasteiger charge is 2.35. The highest BCUT2D eigenvalue weighted by molar-refractivity contribution is 7.78. The van der Waals surface area contributed by atoms with Gasteiger partial charge < -0.3 is 9.29 Å². The Hall–Kier alpha value is -2.97. The first-order valence-corrected chi connectivity index (χ1v) is 12.4. The van der Waals surface area contributed by atoms with Crippen LogP contribution in [-0.2, 0) is 28.1 Å². The Morgan fingerprint density at radius 2 is 1.76 bits per heavy atom. The summed E-state index contributed by atoms with van der Waals surface area (Å²) in [5.41, 5.74) is 1.20. The fourth-order valence-electron chi connectivity index (χ4n) is 4.14. The highest BCUT2D eigenvalue weighted by Crippen LogP contribution is 2.40. The number of amides is 1. The molecule has 1 N–H and O–H groups in total. The van der Waals surface area contributed by atoms with Crippen molar-refractivity contribution >= 4 is 33.8 Å². The number of fused-ring (bicyclic) bond motifs is 1. The predicted octanol–water partition coefficient (Wildman–Crippen LogP) is 5.42. The molecule has 1 atom stereocenters. The summed E-state index contributed by atoms with van der Waals surface area (Å²) in [5, 5.41) is 1.10. The second kappa shape index (κ2) is 10.1. The largest absolute Gasteiger partial charge is 0.452 e. The number of carbonyl (C=O) groups is 1. The van der Waals surface area contributed by atoms with Crippen LogP contribution in [0.5, 0.6) is 0 Å². The topological polar surface area (TPSA) is 88.8 Å². The van der Waals surface area contributed by atoms with Crippen LogP contribution in [0.25, 0.3) is 21.9 Å². The van der Waals surface area contributed by atoms with Crippen LogP contribution in [0.1, 0.15) is 40.2 Å². The zero-order valence-corrected chi connectivity index (χ0v) is 21.3. The van der Waals surface area contributed by atoms with Crippen molar-refractivity contribution in [1.29, 1.82) is 0 Å². The van der Waals surface area contributed by atoms with E-state index >= 15 is 0 Å². The molecule has 0 spiro atoms. The van der Waals surface area contributed by atoms with Crippen molar-refractivity contribution in [2.75, 3.05) is 12.0 Å². The summed E-state index contributed by atoms with van der Waals surface area (Å²) in [4.78, 5) is 28.5. The van der Waals surface area contributed by atoms with Gasteiger partial charge in [0.1, 0.15) is 5.82 Å². The first kappa shape index (κ1) is 25.6. The number of carbonyl (C=O) groups excluding carboxylic acids is 1. The average Bonchev–Trinajstić information content (AvgIpc) is 2.75. The molecule has 0 radical (unpaired) electrons. The second-order valence-corrected chi connectivity index (χ2v) is 10.6. The molecule has 34 heavy (non-hydrogen) atoms. The Balaban J connectivity index is 2.60. The standard InChI is InChI=1S/C26H32N2O5S/c1-17(2)15-27-23(28(25(30)33-6)26(3,4)5)22(19-10-8-7-9-11-19)21-14-18(16-34(31)32)12-13-20(21)24(27)29/h7-14,17H,15-16H2,1-6H3,(H,31,32). The summed E-state index contributed by atoms with van der Waals surface area (Å²) in [6.45, 7) is 10.1. The Labute approximate surface area is 202 Å². The van der Waals surface area contributed by atoms with Crippen LogP contribution in [0.2, 0.25) is 0 Å². The van der Waals surface area contributed by atoms with Gasteiger partial charge in [0.05, 0.1) is 12.9 Å². The Bertz CT molecular complexity index is 1280. The molecular formula is C26H32N2O5S. The quantitative estimate of drug-likeness (QED) is 0.472. The van der Waals surface area contributed by atoms with E-state index in [1.807, 2.05) is 65.0 Å². The van der Waals surface area contributed by atoms with Crippen LogP contribution in [0.3, 0.4) is 0 Å². The molecule has 0 fully saturated rings. The van der Waals surface area contributed by atoms with Gasteiger partial charge in [-0.3, -0.25) is 14.3 Å². The molecule has 7 nitrogen and oxygen atoms in total. The van der Waals surface area contributed by atoms with E-state index in [0.717, 1.165) is 5.56 Å². The van der Waals surface area contributed by atoms with Crippen LogP contribution in [0.15, 0.2) is 53.3 Å².